The van der Waals surface area contributed by atoms with E-state index in [1.165, 1.54) is 17.7 Å². The second kappa shape index (κ2) is 8.67. The minimum atomic E-state index is -0.425. The lowest BCUT2D eigenvalue weighted by Gasteiger charge is -2.31. The first kappa shape index (κ1) is 20.1. The van der Waals surface area contributed by atoms with Crippen LogP contribution in [-0.4, -0.2) is 17.4 Å². The highest BCUT2D eigenvalue weighted by Gasteiger charge is 2.28. The van der Waals surface area contributed by atoms with Crippen molar-refractivity contribution in [1.29, 1.82) is 0 Å². The van der Waals surface area contributed by atoms with Crippen LogP contribution in [0.15, 0.2) is 71.7 Å². The molecule has 2 atom stereocenters. The van der Waals surface area contributed by atoms with E-state index in [0.29, 0.717) is 18.8 Å². The Balaban J connectivity index is 1.75. The smallest absolute Gasteiger partial charge is 0.162 e. The second-order valence-corrected chi connectivity index (χ2v) is 7.45. The van der Waals surface area contributed by atoms with Gasteiger partial charge in [0.1, 0.15) is 12.0 Å². The van der Waals surface area contributed by atoms with Gasteiger partial charge in [-0.1, -0.05) is 54.1 Å². The Kier molecular flexibility index (Phi) is 5.81. The fourth-order valence-corrected chi connectivity index (χ4v) is 3.77. The van der Waals surface area contributed by atoms with Gasteiger partial charge in [-0.15, -0.1) is 0 Å². The van der Waals surface area contributed by atoms with Crippen LogP contribution >= 0.6 is 0 Å². The molecule has 0 unspecified atom stereocenters. The molecule has 0 saturated carbocycles. The predicted octanol–water partition coefficient (Wildman–Crippen LogP) is 5.46. The van der Waals surface area contributed by atoms with Gasteiger partial charge >= 0.3 is 0 Å². The summed E-state index contributed by atoms with van der Waals surface area (Å²) in [6.07, 6.45) is 0.170. The molecular weight excluding hydrogens is 379 g/mol. The van der Waals surface area contributed by atoms with E-state index in [1.54, 1.807) is 12.1 Å². The molecule has 0 bridgehead atoms. The SMILES string of the molecule is CCOc1cccc([C@@H]2CC(c3ccc(C)cc3)=N[C@@H](c3cccc(F)c3)N2)c1O. The van der Waals surface area contributed by atoms with Crippen LogP contribution in [0.2, 0.25) is 0 Å². The number of nitrogens with one attached hydrogen (secondary N) is 1. The number of nitrogens with zero attached hydrogens (tertiary/aromatic N) is 1. The van der Waals surface area contributed by atoms with Gasteiger partial charge in [0.15, 0.2) is 11.5 Å². The number of rotatable bonds is 5. The fraction of sp³-hybridized carbons (Fsp3) is 0.240. The van der Waals surface area contributed by atoms with Gasteiger partial charge in [0.2, 0.25) is 0 Å². The number of hydrogen-bond acceptors (Lipinski definition) is 4. The predicted molar refractivity (Wildman–Crippen MR) is 117 cm³/mol. The third-order valence-electron chi connectivity index (χ3n) is 5.30. The number of hydrogen-bond donors (Lipinski definition) is 2. The van der Waals surface area contributed by atoms with Gasteiger partial charge in [0, 0.05) is 23.7 Å². The van der Waals surface area contributed by atoms with Crippen molar-refractivity contribution in [1.82, 2.24) is 5.32 Å². The number of aromatic hydroxyl groups is 1. The van der Waals surface area contributed by atoms with Crippen LogP contribution in [0.3, 0.4) is 0 Å². The topological polar surface area (TPSA) is 53.8 Å². The number of ether oxygens (including phenoxy) is 1. The van der Waals surface area contributed by atoms with Gasteiger partial charge < -0.3 is 9.84 Å². The number of halogens is 1. The molecule has 0 fully saturated rings. The zero-order chi connectivity index (χ0) is 21.1. The highest BCUT2D eigenvalue weighted by Crippen LogP contribution is 2.38. The number of benzene rings is 3. The van der Waals surface area contributed by atoms with E-state index in [9.17, 15) is 9.50 Å². The van der Waals surface area contributed by atoms with Crippen molar-refractivity contribution in [3.63, 3.8) is 0 Å². The van der Waals surface area contributed by atoms with E-state index in [-0.39, 0.29) is 17.6 Å². The highest BCUT2D eigenvalue weighted by molar-refractivity contribution is 6.01. The molecule has 0 spiro atoms. The van der Waals surface area contributed by atoms with Crippen molar-refractivity contribution in [2.45, 2.75) is 32.5 Å². The Labute approximate surface area is 176 Å². The van der Waals surface area contributed by atoms with E-state index < -0.39 is 6.17 Å². The molecule has 0 aromatic heterocycles. The second-order valence-electron chi connectivity index (χ2n) is 7.45. The summed E-state index contributed by atoms with van der Waals surface area (Å²) in [5, 5.41) is 14.3. The molecule has 0 saturated heterocycles. The van der Waals surface area contributed by atoms with Crippen LogP contribution in [-0.2, 0) is 0 Å². The minimum Gasteiger partial charge on any atom is -0.504 e. The van der Waals surface area contributed by atoms with Gasteiger partial charge in [-0.2, -0.15) is 0 Å². The molecule has 1 aliphatic heterocycles. The standard InChI is InChI=1S/C25H25FN2O2/c1-3-30-23-9-5-8-20(24(23)29)22-15-21(17-12-10-16(2)11-13-17)27-25(28-22)18-6-4-7-19(26)14-18/h4-14,22,25,28-29H,3,15H2,1-2H3/t22-,25+/m0/s1. The maximum atomic E-state index is 13.9. The molecule has 4 nitrogen and oxygen atoms in total. The van der Waals surface area contributed by atoms with E-state index >= 15 is 0 Å². The molecule has 0 radical (unpaired) electrons. The molecule has 30 heavy (non-hydrogen) atoms. The molecule has 4 rings (SSSR count). The Morgan fingerprint density at radius 2 is 1.87 bits per heavy atom. The van der Waals surface area contributed by atoms with Crippen molar-refractivity contribution in [2.75, 3.05) is 6.61 Å². The number of aliphatic imine (C=N–C) groups is 1. The van der Waals surface area contributed by atoms with E-state index in [2.05, 4.69) is 29.6 Å². The van der Waals surface area contributed by atoms with Crippen LogP contribution in [0, 0.1) is 12.7 Å². The van der Waals surface area contributed by atoms with Crippen LogP contribution < -0.4 is 10.1 Å². The molecule has 2 N–H and O–H groups in total. The lowest BCUT2D eigenvalue weighted by Crippen LogP contribution is -2.33. The molecule has 154 valence electrons. The largest absolute Gasteiger partial charge is 0.504 e. The summed E-state index contributed by atoms with van der Waals surface area (Å²) >= 11 is 0. The van der Waals surface area contributed by atoms with Gasteiger partial charge in [-0.3, -0.25) is 10.3 Å². The van der Waals surface area contributed by atoms with E-state index in [1.807, 2.05) is 32.0 Å². The average molecular weight is 404 g/mol. The van der Waals surface area contributed by atoms with Crippen molar-refractivity contribution in [3.05, 3.63) is 94.8 Å². The van der Waals surface area contributed by atoms with Gasteiger partial charge in [-0.25, -0.2) is 4.39 Å². The molecule has 0 aliphatic carbocycles. The van der Waals surface area contributed by atoms with Crippen LogP contribution in [0.25, 0.3) is 0 Å². The Morgan fingerprint density at radius 1 is 1.10 bits per heavy atom. The third kappa shape index (κ3) is 4.21. The summed E-state index contributed by atoms with van der Waals surface area (Å²) in [6.45, 7) is 4.40. The number of phenols is 1. The average Bonchev–Trinajstić information content (AvgIpc) is 2.75. The fourth-order valence-electron chi connectivity index (χ4n) is 3.77. The van der Waals surface area contributed by atoms with Crippen molar-refractivity contribution in [2.24, 2.45) is 4.99 Å². The van der Waals surface area contributed by atoms with E-state index in [0.717, 1.165) is 22.4 Å². The Bertz CT molecular complexity index is 1060. The van der Waals surface area contributed by atoms with Crippen LogP contribution in [0.5, 0.6) is 11.5 Å². The minimum absolute atomic E-state index is 0.125. The van der Waals surface area contributed by atoms with Crippen molar-refractivity contribution < 1.29 is 14.2 Å². The first-order valence-corrected chi connectivity index (χ1v) is 10.1. The Morgan fingerprint density at radius 3 is 2.60 bits per heavy atom. The van der Waals surface area contributed by atoms with Gasteiger partial charge in [0.05, 0.1) is 6.61 Å². The molecular formula is C25H25FN2O2. The number of para-hydroxylation sites is 1. The lowest BCUT2D eigenvalue weighted by atomic mass is 9.93. The normalized spacial score (nSPS) is 18.7. The number of phenolic OH excluding ortho intramolecular Hbond substituents is 1. The molecule has 1 heterocycles. The first-order chi connectivity index (χ1) is 14.5. The Hall–Kier alpha value is -3.18. The highest BCUT2D eigenvalue weighted by atomic mass is 19.1. The van der Waals surface area contributed by atoms with Crippen LogP contribution in [0.1, 0.15) is 47.8 Å². The molecule has 5 heteroatoms. The monoisotopic (exact) mass is 404 g/mol. The third-order valence-corrected chi connectivity index (χ3v) is 5.30. The summed E-state index contributed by atoms with van der Waals surface area (Å²) < 4.78 is 19.4. The molecule has 3 aromatic carbocycles. The van der Waals surface area contributed by atoms with E-state index in [4.69, 9.17) is 9.73 Å². The zero-order valence-electron chi connectivity index (χ0n) is 17.1. The van der Waals surface area contributed by atoms with Gasteiger partial charge in [-0.05, 0) is 43.2 Å². The van der Waals surface area contributed by atoms with Crippen molar-refractivity contribution >= 4 is 5.71 Å². The van der Waals surface area contributed by atoms with Gasteiger partial charge in [0.25, 0.3) is 0 Å². The quantitative estimate of drug-likeness (QED) is 0.594. The summed E-state index contributed by atoms with van der Waals surface area (Å²) in [4.78, 5) is 4.88. The first-order valence-electron chi connectivity index (χ1n) is 10.1. The summed E-state index contributed by atoms with van der Waals surface area (Å²) in [5.74, 6) is 0.281. The molecule has 1 aliphatic rings. The summed E-state index contributed by atoms with van der Waals surface area (Å²) in [7, 11) is 0. The summed E-state index contributed by atoms with van der Waals surface area (Å²) in [6, 6.07) is 20.0. The summed E-state index contributed by atoms with van der Waals surface area (Å²) in [5.41, 5.74) is 4.59. The maximum Gasteiger partial charge on any atom is 0.162 e. The number of aryl methyl sites for hydroxylation is 1. The lowest BCUT2D eigenvalue weighted by molar-refractivity contribution is 0.313. The van der Waals surface area contributed by atoms with Crippen molar-refractivity contribution in [3.8, 4) is 11.5 Å². The van der Waals surface area contributed by atoms with Crippen LogP contribution in [0.4, 0.5) is 4.39 Å². The zero-order valence-corrected chi connectivity index (χ0v) is 17.1. The molecule has 3 aromatic rings. The maximum absolute atomic E-state index is 13.9. The molecule has 0 amide bonds.